The number of aryl methyl sites for hydroxylation is 2. The number of aliphatic hydroxyl groups excluding tert-OH is 1. The zero-order chi connectivity index (χ0) is 13.1. The quantitative estimate of drug-likeness (QED) is 0.895. The summed E-state index contributed by atoms with van der Waals surface area (Å²) in [6.45, 7) is 4.70. The zero-order valence-corrected chi connectivity index (χ0v) is 10.7. The van der Waals surface area contributed by atoms with Crippen LogP contribution < -0.4 is 0 Å². The molecule has 1 heterocycles. The third-order valence-corrected chi connectivity index (χ3v) is 3.06. The summed E-state index contributed by atoms with van der Waals surface area (Å²) in [6, 6.07) is 7.69. The Morgan fingerprint density at radius 2 is 2.28 bits per heavy atom. The minimum absolute atomic E-state index is 0.315. The van der Waals surface area contributed by atoms with E-state index in [2.05, 4.69) is 22.5 Å². The predicted octanol–water partition coefficient (Wildman–Crippen LogP) is 2.24. The Bertz CT molecular complexity index is 593. The van der Waals surface area contributed by atoms with Crippen LogP contribution >= 0.6 is 0 Å². The van der Waals surface area contributed by atoms with Gasteiger partial charge in [-0.3, -0.25) is 0 Å². The highest BCUT2D eigenvalue weighted by Crippen LogP contribution is 2.19. The SMILES string of the molecule is CCn1c(CCC(C)O)nc2cc(C#N)ccc21. The van der Waals surface area contributed by atoms with Crippen molar-refractivity contribution in [2.45, 2.75) is 39.3 Å². The number of nitriles is 1. The number of imidazole rings is 1. The van der Waals surface area contributed by atoms with E-state index in [1.54, 1.807) is 6.92 Å². The Morgan fingerprint density at radius 3 is 2.89 bits per heavy atom. The second-order valence-electron chi connectivity index (χ2n) is 4.48. The number of benzene rings is 1. The van der Waals surface area contributed by atoms with Crippen LogP contribution in [0.15, 0.2) is 18.2 Å². The lowest BCUT2D eigenvalue weighted by Crippen LogP contribution is -2.07. The predicted molar refractivity (Wildman–Crippen MR) is 70.1 cm³/mol. The maximum Gasteiger partial charge on any atom is 0.109 e. The van der Waals surface area contributed by atoms with Crippen LogP contribution in [0.4, 0.5) is 0 Å². The van der Waals surface area contributed by atoms with Gasteiger partial charge in [0.05, 0.1) is 28.8 Å². The van der Waals surface area contributed by atoms with Crippen LogP contribution in [-0.4, -0.2) is 20.8 Å². The molecule has 0 spiro atoms. The molecule has 0 saturated heterocycles. The normalized spacial score (nSPS) is 12.6. The monoisotopic (exact) mass is 243 g/mol. The van der Waals surface area contributed by atoms with Crippen molar-refractivity contribution >= 4 is 11.0 Å². The van der Waals surface area contributed by atoms with E-state index in [-0.39, 0.29) is 6.10 Å². The molecule has 0 aliphatic rings. The molecule has 4 heteroatoms. The molecule has 2 rings (SSSR count). The molecule has 94 valence electrons. The minimum atomic E-state index is -0.315. The van der Waals surface area contributed by atoms with Crippen LogP contribution in [-0.2, 0) is 13.0 Å². The number of rotatable bonds is 4. The van der Waals surface area contributed by atoms with Crippen LogP contribution in [0.5, 0.6) is 0 Å². The third kappa shape index (κ3) is 2.36. The van der Waals surface area contributed by atoms with Crippen molar-refractivity contribution in [1.29, 1.82) is 5.26 Å². The van der Waals surface area contributed by atoms with Gasteiger partial charge in [0.15, 0.2) is 0 Å². The first kappa shape index (κ1) is 12.6. The number of fused-ring (bicyclic) bond motifs is 1. The van der Waals surface area contributed by atoms with Gasteiger partial charge in [0.1, 0.15) is 5.82 Å². The van der Waals surface area contributed by atoms with E-state index in [1.807, 2.05) is 18.2 Å². The molecular formula is C14H17N3O. The summed E-state index contributed by atoms with van der Waals surface area (Å²) in [5, 5.41) is 18.2. The Morgan fingerprint density at radius 1 is 1.50 bits per heavy atom. The van der Waals surface area contributed by atoms with E-state index in [0.29, 0.717) is 12.0 Å². The molecule has 1 aromatic carbocycles. The van der Waals surface area contributed by atoms with Gasteiger partial charge in [-0.2, -0.15) is 5.26 Å². The number of hydrogen-bond donors (Lipinski definition) is 1. The summed E-state index contributed by atoms with van der Waals surface area (Å²) in [4.78, 5) is 4.56. The average Bonchev–Trinajstić information content (AvgIpc) is 2.72. The maximum absolute atomic E-state index is 9.35. The van der Waals surface area contributed by atoms with E-state index in [1.165, 1.54) is 0 Å². The van der Waals surface area contributed by atoms with Gasteiger partial charge < -0.3 is 9.67 Å². The molecule has 0 fully saturated rings. The average molecular weight is 243 g/mol. The lowest BCUT2D eigenvalue weighted by Gasteiger charge is -2.07. The Hall–Kier alpha value is -1.86. The topological polar surface area (TPSA) is 61.8 Å². The third-order valence-electron chi connectivity index (χ3n) is 3.06. The summed E-state index contributed by atoms with van der Waals surface area (Å²) < 4.78 is 2.14. The Kier molecular flexibility index (Phi) is 3.63. The van der Waals surface area contributed by atoms with Crippen molar-refractivity contribution in [3.63, 3.8) is 0 Å². The van der Waals surface area contributed by atoms with Crippen molar-refractivity contribution in [3.8, 4) is 6.07 Å². The second-order valence-corrected chi connectivity index (χ2v) is 4.48. The molecule has 0 saturated carbocycles. The summed E-state index contributed by atoms with van der Waals surface area (Å²) in [6.07, 6.45) is 1.14. The van der Waals surface area contributed by atoms with Gasteiger partial charge in [-0.25, -0.2) is 4.98 Å². The fourth-order valence-electron chi connectivity index (χ4n) is 2.13. The number of nitrogens with zero attached hydrogens (tertiary/aromatic N) is 3. The van der Waals surface area contributed by atoms with Crippen LogP contribution in [0.25, 0.3) is 11.0 Å². The first-order chi connectivity index (χ1) is 8.65. The molecule has 1 atom stereocenters. The fraction of sp³-hybridized carbons (Fsp3) is 0.429. The van der Waals surface area contributed by atoms with E-state index in [0.717, 1.165) is 29.8 Å². The summed E-state index contributed by atoms with van der Waals surface area (Å²) in [5.74, 6) is 0.975. The van der Waals surface area contributed by atoms with Gasteiger partial charge >= 0.3 is 0 Å². The molecule has 18 heavy (non-hydrogen) atoms. The zero-order valence-electron chi connectivity index (χ0n) is 10.7. The highest BCUT2D eigenvalue weighted by Gasteiger charge is 2.10. The molecule has 1 aromatic heterocycles. The molecule has 0 bridgehead atoms. The Balaban J connectivity index is 2.44. The van der Waals surface area contributed by atoms with Crippen LogP contribution in [0.3, 0.4) is 0 Å². The summed E-state index contributed by atoms with van der Waals surface area (Å²) in [7, 11) is 0. The van der Waals surface area contributed by atoms with Crippen molar-refractivity contribution in [2.24, 2.45) is 0 Å². The molecule has 0 aliphatic heterocycles. The smallest absolute Gasteiger partial charge is 0.109 e. The molecule has 0 aliphatic carbocycles. The molecule has 0 radical (unpaired) electrons. The maximum atomic E-state index is 9.35. The first-order valence-electron chi connectivity index (χ1n) is 6.23. The van der Waals surface area contributed by atoms with Gasteiger partial charge in [0.25, 0.3) is 0 Å². The molecule has 1 unspecified atom stereocenters. The standard InChI is InChI=1S/C14H17N3O/c1-3-17-13-6-5-11(9-15)8-12(13)16-14(17)7-4-10(2)18/h5-6,8,10,18H,3-4,7H2,1-2H3. The number of hydrogen-bond acceptors (Lipinski definition) is 3. The molecule has 2 aromatic rings. The summed E-state index contributed by atoms with van der Waals surface area (Å²) in [5.41, 5.74) is 2.54. The van der Waals surface area contributed by atoms with E-state index < -0.39 is 0 Å². The largest absolute Gasteiger partial charge is 0.393 e. The second kappa shape index (κ2) is 5.19. The van der Waals surface area contributed by atoms with E-state index in [9.17, 15) is 5.11 Å². The van der Waals surface area contributed by atoms with Gasteiger partial charge in [0.2, 0.25) is 0 Å². The van der Waals surface area contributed by atoms with Crippen LogP contribution in [0, 0.1) is 11.3 Å². The van der Waals surface area contributed by atoms with Crippen molar-refractivity contribution in [1.82, 2.24) is 9.55 Å². The van der Waals surface area contributed by atoms with Crippen molar-refractivity contribution in [2.75, 3.05) is 0 Å². The fourth-order valence-corrected chi connectivity index (χ4v) is 2.13. The lowest BCUT2D eigenvalue weighted by molar-refractivity contribution is 0.184. The summed E-state index contributed by atoms with van der Waals surface area (Å²) >= 11 is 0. The number of aliphatic hydroxyl groups is 1. The number of aromatic nitrogens is 2. The Labute approximate surface area is 106 Å². The minimum Gasteiger partial charge on any atom is -0.393 e. The van der Waals surface area contributed by atoms with E-state index in [4.69, 9.17) is 5.26 Å². The first-order valence-corrected chi connectivity index (χ1v) is 6.23. The highest BCUT2D eigenvalue weighted by atomic mass is 16.3. The van der Waals surface area contributed by atoms with Gasteiger partial charge in [-0.15, -0.1) is 0 Å². The van der Waals surface area contributed by atoms with Gasteiger partial charge in [-0.1, -0.05) is 0 Å². The molecule has 1 N–H and O–H groups in total. The van der Waals surface area contributed by atoms with Crippen molar-refractivity contribution in [3.05, 3.63) is 29.6 Å². The van der Waals surface area contributed by atoms with Crippen LogP contribution in [0.2, 0.25) is 0 Å². The molecular weight excluding hydrogens is 226 g/mol. The van der Waals surface area contributed by atoms with Gasteiger partial charge in [-0.05, 0) is 38.5 Å². The van der Waals surface area contributed by atoms with Crippen molar-refractivity contribution < 1.29 is 5.11 Å². The molecule has 0 amide bonds. The lowest BCUT2D eigenvalue weighted by atomic mass is 10.2. The van der Waals surface area contributed by atoms with E-state index >= 15 is 0 Å². The van der Waals surface area contributed by atoms with Gasteiger partial charge in [0, 0.05) is 13.0 Å². The van der Waals surface area contributed by atoms with Crippen LogP contribution in [0.1, 0.15) is 31.7 Å². The highest BCUT2D eigenvalue weighted by molar-refractivity contribution is 5.77. The molecule has 4 nitrogen and oxygen atoms in total.